The van der Waals surface area contributed by atoms with Crippen LogP contribution in [-0.4, -0.2) is 61.8 Å². The molecule has 0 saturated carbocycles. The number of ether oxygens (including phenoxy) is 1. The molecule has 0 aliphatic carbocycles. The smallest absolute Gasteiger partial charge is 0.240 e. The van der Waals surface area contributed by atoms with Crippen LogP contribution in [0, 0.1) is 0 Å². The van der Waals surface area contributed by atoms with E-state index in [1.807, 2.05) is 13.8 Å². The topological polar surface area (TPSA) is 53.6 Å². The molecular formula is C12H23N3O2. The van der Waals surface area contributed by atoms with Crippen LogP contribution in [0.25, 0.3) is 0 Å². The van der Waals surface area contributed by atoms with Gasteiger partial charge in [-0.05, 0) is 20.3 Å². The van der Waals surface area contributed by atoms with Gasteiger partial charge in [0.1, 0.15) is 0 Å². The summed E-state index contributed by atoms with van der Waals surface area (Å²) < 4.78 is 5.28. The third kappa shape index (κ3) is 2.97. The van der Waals surface area contributed by atoms with Gasteiger partial charge in [-0.25, -0.2) is 0 Å². The molecule has 0 spiro atoms. The van der Waals surface area contributed by atoms with Crippen molar-refractivity contribution < 1.29 is 9.53 Å². The number of carbonyl (C=O) groups excluding carboxylic acids is 1. The molecule has 98 valence electrons. The van der Waals surface area contributed by atoms with E-state index >= 15 is 0 Å². The minimum absolute atomic E-state index is 0.120. The molecule has 5 heteroatoms. The lowest BCUT2D eigenvalue weighted by atomic mass is 10.00. The zero-order valence-corrected chi connectivity index (χ0v) is 10.8. The summed E-state index contributed by atoms with van der Waals surface area (Å²) in [6.45, 7) is 9.21. The third-order valence-corrected chi connectivity index (χ3v) is 3.73. The number of carbonyl (C=O) groups is 1. The maximum absolute atomic E-state index is 12.3. The molecule has 0 bridgehead atoms. The van der Waals surface area contributed by atoms with E-state index in [0.29, 0.717) is 6.61 Å². The van der Waals surface area contributed by atoms with Crippen LogP contribution in [0.2, 0.25) is 0 Å². The molecule has 1 unspecified atom stereocenters. The molecule has 2 aliphatic rings. The number of hydrogen-bond donors (Lipinski definition) is 2. The Balaban J connectivity index is 1.90. The normalized spacial score (nSPS) is 27.1. The van der Waals surface area contributed by atoms with Crippen molar-refractivity contribution in [2.24, 2.45) is 0 Å². The van der Waals surface area contributed by atoms with Crippen molar-refractivity contribution in [3.63, 3.8) is 0 Å². The first-order valence-electron chi connectivity index (χ1n) is 6.45. The van der Waals surface area contributed by atoms with Crippen molar-refractivity contribution in [1.82, 2.24) is 15.5 Å². The van der Waals surface area contributed by atoms with Crippen LogP contribution in [0.5, 0.6) is 0 Å². The Morgan fingerprint density at radius 2 is 2.12 bits per heavy atom. The Morgan fingerprint density at radius 3 is 2.71 bits per heavy atom. The molecule has 2 saturated heterocycles. The van der Waals surface area contributed by atoms with Gasteiger partial charge >= 0.3 is 0 Å². The van der Waals surface area contributed by atoms with Crippen molar-refractivity contribution in [3.05, 3.63) is 0 Å². The van der Waals surface area contributed by atoms with E-state index < -0.39 is 5.54 Å². The van der Waals surface area contributed by atoms with Crippen LogP contribution in [0.15, 0.2) is 0 Å². The van der Waals surface area contributed by atoms with Crippen LogP contribution in [0.3, 0.4) is 0 Å². The van der Waals surface area contributed by atoms with Crippen molar-refractivity contribution in [2.45, 2.75) is 31.8 Å². The Labute approximate surface area is 103 Å². The molecule has 0 aromatic carbocycles. The van der Waals surface area contributed by atoms with Crippen molar-refractivity contribution in [1.29, 1.82) is 0 Å². The van der Waals surface area contributed by atoms with Gasteiger partial charge in [-0.15, -0.1) is 0 Å². The van der Waals surface area contributed by atoms with E-state index in [0.717, 1.165) is 39.2 Å². The lowest BCUT2D eigenvalue weighted by Gasteiger charge is -2.40. The Bertz CT molecular complexity index is 269. The highest BCUT2D eigenvalue weighted by atomic mass is 16.5. The van der Waals surface area contributed by atoms with Gasteiger partial charge in [-0.1, -0.05) is 0 Å². The Hall–Kier alpha value is -0.650. The molecule has 1 amide bonds. The molecule has 17 heavy (non-hydrogen) atoms. The summed E-state index contributed by atoms with van der Waals surface area (Å²) >= 11 is 0. The van der Waals surface area contributed by atoms with Gasteiger partial charge in [0.15, 0.2) is 0 Å². The van der Waals surface area contributed by atoms with Crippen molar-refractivity contribution in [2.75, 3.05) is 39.4 Å². The standard InChI is InChI=1S/C12H23N3O2/c1-12(2,15-6-4-13-5-7-15)11(16)14-10-3-8-17-9-10/h10,13H,3-9H2,1-2H3,(H,14,16). The second-order valence-corrected chi connectivity index (χ2v) is 5.33. The summed E-state index contributed by atoms with van der Waals surface area (Å²) in [5.41, 5.74) is -0.426. The molecular weight excluding hydrogens is 218 g/mol. The second kappa shape index (κ2) is 5.33. The zero-order valence-electron chi connectivity index (χ0n) is 10.8. The lowest BCUT2D eigenvalue weighted by Crippen LogP contribution is -2.61. The first-order valence-corrected chi connectivity index (χ1v) is 6.45. The number of nitrogens with one attached hydrogen (secondary N) is 2. The van der Waals surface area contributed by atoms with E-state index in [4.69, 9.17) is 4.74 Å². The van der Waals surface area contributed by atoms with E-state index in [1.54, 1.807) is 0 Å². The number of amides is 1. The molecule has 0 aromatic rings. The molecule has 2 rings (SSSR count). The summed E-state index contributed by atoms with van der Waals surface area (Å²) in [6, 6.07) is 0.199. The average Bonchev–Trinajstić information content (AvgIpc) is 2.83. The fourth-order valence-electron chi connectivity index (χ4n) is 2.38. The highest BCUT2D eigenvalue weighted by Crippen LogP contribution is 2.16. The maximum atomic E-state index is 12.3. The van der Waals surface area contributed by atoms with E-state index in [-0.39, 0.29) is 11.9 Å². The fourth-order valence-corrected chi connectivity index (χ4v) is 2.38. The third-order valence-electron chi connectivity index (χ3n) is 3.73. The van der Waals surface area contributed by atoms with Gasteiger partial charge in [0.25, 0.3) is 0 Å². The minimum atomic E-state index is -0.426. The largest absolute Gasteiger partial charge is 0.379 e. The fraction of sp³-hybridized carbons (Fsp3) is 0.917. The summed E-state index contributed by atoms with van der Waals surface area (Å²) in [5.74, 6) is 0.120. The predicted octanol–water partition coefficient (Wildman–Crippen LogP) is -0.425. The summed E-state index contributed by atoms with van der Waals surface area (Å²) in [4.78, 5) is 14.5. The van der Waals surface area contributed by atoms with Crippen LogP contribution in [-0.2, 0) is 9.53 Å². The first kappa shape index (κ1) is 12.8. The molecule has 1 atom stereocenters. The molecule has 2 N–H and O–H groups in total. The van der Waals surface area contributed by atoms with E-state index in [1.165, 1.54) is 0 Å². The quantitative estimate of drug-likeness (QED) is 0.704. The minimum Gasteiger partial charge on any atom is -0.379 e. The summed E-state index contributed by atoms with van der Waals surface area (Å²) in [5, 5.41) is 6.40. The number of piperazine rings is 1. The average molecular weight is 241 g/mol. The van der Waals surface area contributed by atoms with Crippen LogP contribution < -0.4 is 10.6 Å². The maximum Gasteiger partial charge on any atom is 0.240 e. The van der Waals surface area contributed by atoms with E-state index in [9.17, 15) is 4.79 Å². The Kier molecular flexibility index (Phi) is 4.01. The van der Waals surface area contributed by atoms with Gasteiger partial charge in [-0.2, -0.15) is 0 Å². The highest BCUT2D eigenvalue weighted by Gasteiger charge is 2.36. The van der Waals surface area contributed by atoms with Crippen LogP contribution in [0.1, 0.15) is 20.3 Å². The second-order valence-electron chi connectivity index (χ2n) is 5.33. The lowest BCUT2D eigenvalue weighted by molar-refractivity contribution is -0.132. The zero-order chi connectivity index (χ0) is 12.3. The first-order chi connectivity index (χ1) is 8.10. The molecule has 0 radical (unpaired) electrons. The summed E-state index contributed by atoms with van der Waals surface area (Å²) in [6.07, 6.45) is 0.934. The highest BCUT2D eigenvalue weighted by molar-refractivity contribution is 5.85. The van der Waals surface area contributed by atoms with Gasteiger partial charge in [0.05, 0.1) is 18.2 Å². The number of rotatable bonds is 3. The molecule has 5 nitrogen and oxygen atoms in total. The van der Waals surface area contributed by atoms with Crippen molar-refractivity contribution in [3.8, 4) is 0 Å². The molecule has 0 aromatic heterocycles. The van der Waals surface area contributed by atoms with Gasteiger partial charge in [0, 0.05) is 32.8 Å². The molecule has 2 heterocycles. The molecule has 2 fully saturated rings. The van der Waals surface area contributed by atoms with Crippen LogP contribution >= 0.6 is 0 Å². The van der Waals surface area contributed by atoms with Crippen LogP contribution in [0.4, 0.5) is 0 Å². The number of hydrogen-bond acceptors (Lipinski definition) is 4. The van der Waals surface area contributed by atoms with Gasteiger partial charge in [0.2, 0.25) is 5.91 Å². The van der Waals surface area contributed by atoms with E-state index in [2.05, 4.69) is 15.5 Å². The van der Waals surface area contributed by atoms with Gasteiger partial charge < -0.3 is 15.4 Å². The monoisotopic (exact) mass is 241 g/mol. The number of nitrogens with zero attached hydrogens (tertiary/aromatic N) is 1. The van der Waals surface area contributed by atoms with Gasteiger partial charge in [-0.3, -0.25) is 9.69 Å². The Morgan fingerprint density at radius 1 is 1.41 bits per heavy atom. The predicted molar refractivity (Wildman–Crippen MR) is 65.9 cm³/mol. The molecule has 2 aliphatic heterocycles. The summed E-state index contributed by atoms with van der Waals surface area (Å²) in [7, 11) is 0. The van der Waals surface area contributed by atoms with Crippen molar-refractivity contribution >= 4 is 5.91 Å². The SMILES string of the molecule is CC(C)(C(=O)NC1CCOC1)N1CCNCC1.